The van der Waals surface area contributed by atoms with Gasteiger partial charge in [-0.15, -0.1) is 0 Å². The second-order valence-corrected chi connectivity index (χ2v) is 14.3. The summed E-state index contributed by atoms with van der Waals surface area (Å²) < 4.78 is 0. The van der Waals surface area contributed by atoms with Crippen molar-refractivity contribution in [3.63, 3.8) is 0 Å². The molecule has 0 spiro atoms. The Morgan fingerprint density at radius 3 is 1.45 bits per heavy atom. The summed E-state index contributed by atoms with van der Waals surface area (Å²) in [6.45, 7) is 21.3. The first-order chi connectivity index (χ1) is 17.8. The Balaban J connectivity index is 1.98. The molecular weight excluding hydrogens is 456 g/mol. The Morgan fingerprint density at radius 2 is 0.974 bits per heavy atom. The van der Waals surface area contributed by atoms with Gasteiger partial charge in [-0.05, 0) is 55.2 Å². The predicted octanol–water partition coefficient (Wildman–Crippen LogP) is 10.5. The molecule has 3 aromatic rings. The third-order valence-corrected chi connectivity index (χ3v) is 8.59. The maximum atomic E-state index is 2.64. The van der Waals surface area contributed by atoms with E-state index in [-0.39, 0.29) is 27.6 Å². The van der Waals surface area contributed by atoms with Crippen LogP contribution in [0.5, 0.6) is 0 Å². The van der Waals surface area contributed by atoms with Crippen LogP contribution in [0.2, 0.25) is 0 Å². The molecule has 0 heteroatoms. The van der Waals surface area contributed by atoms with Gasteiger partial charge in [-0.25, -0.2) is 0 Å². The largest absolute Gasteiger partial charge is 0.0720 e. The topological polar surface area (TPSA) is 0 Å². The van der Waals surface area contributed by atoms with Crippen LogP contribution in [-0.2, 0) is 5.41 Å². The molecule has 0 aromatic heterocycles. The minimum atomic E-state index is -0.328. The average Bonchev–Trinajstić information content (AvgIpc) is 2.97. The fraction of sp³-hybridized carbons (Fsp3) is 0.368. The first-order valence-corrected chi connectivity index (χ1v) is 14.2. The molecule has 0 amide bonds. The minimum absolute atomic E-state index is 0.0193. The molecule has 2 aliphatic carbocycles. The molecule has 0 saturated heterocycles. The highest BCUT2D eigenvalue weighted by Crippen LogP contribution is 2.61. The summed E-state index contributed by atoms with van der Waals surface area (Å²) in [5.41, 5.74) is 10.9. The molecular formula is C38H44. The maximum absolute atomic E-state index is 2.64. The van der Waals surface area contributed by atoms with Gasteiger partial charge in [-0.2, -0.15) is 0 Å². The molecule has 0 aliphatic heterocycles. The van der Waals surface area contributed by atoms with Crippen LogP contribution in [0.4, 0.5) is 0 Å². The van der Waals surface area contributed by atoms with Gasteiger partial charge in [-0.1, -0.05) is 165 Å². The first-order valence-electron chi connectivity index (χ1n) is 14.2. The Kier molecular flexibility index (Phi) is 6.26. The third kappa shape index (κ3) is 4.23. The monoisotopic (exact) mass is 500 g/mol. The summed E-state index contributed by atoms with van der Waals surface area (Å²) in [6.07, 6.45) is 7.70. The molecule has 1 atom stereocenters. The average molecular weight is 501 g/mol. The van der Waals surface area contributed by atoms with E-state index in [0.717, 1.165) is 0 Å². The van der Waals surface area contributed by atoms with Crippen LogP contribution in [0.3, 0.4) is 0 Å². The van der Waals surface area contributed by atoms with Gasteiger partial charge in [0.25, 0.3) is 0 Å². The number of benzene rings is 3. The van der Waals surface area contributed by atoms with Crippen LogP contribution in [0.25, 0.3) is 11.1 Å². The number of rotatable bonds is 2. The van der Waals surface area contributed by atoms with Crippen molar-refractivity contribution >= 4 is 0 Å². The van der Waals surface area contributed by atoms with Crippen LogP contribution in [0.1, 0.15) is 79.0 Å². The molecule has 1 unspecified atom stereocenters. The first kappa shape index (κ1) is 26.5. The van der Waals surface area contributed by atoms with E-state index in [1.54, 1.807) is 0 Å². The second kappa shape index (κ2) is 8.98. The van der Waals surface area contributed by atoms with E-state index < -0.39 is 0 Å². The number of hydrogen-bond acceptors (Lipinski definition) is 0. The number of fused-ring (bicyclic) bond motifs is 3. The van der Waals surface area contributed by atoms with E-state index >= 15 is 0 Å². The van der Waals surface area contributed by atoms with Crippen molar-refractivity contribution in [2.24, 2.45) is 22.2 Å². The van der Waals surface area contributed by atoms with Gasteiger partial charge in [0.05, 0.1) is 5.41 Å². The lowest BCUT2D eigenvalue weighted by Crippen LogP contribution is -2.39. The SMILES string of the molecule is CC(C)(C)C1=CC(C(C)(C)C)=CC(C2(c3ccccc3)c3ccccc3-c3ccccc32)C(C(C)(C)C)=C1. The Hall–Kier alpha value is -3.12. The summed E-state index contributed by atoms with van der Waals surface area (Å²) in [5.74, 6) is 0.153. The van der Waals surface area contributed by atoms with Gasteiger partial charge < -0.3 is 0 Å². The van der Waals surface area contributed by atoms with Crippen molar-refractivity contribution in [2.45, 2.75) is 67.7 Å². The summed E-state index contributed by atoms with van der Waals surface area (Å²) >= 11 is 0. The van der Waals surface area contributed by atoms with Crippen molar-refractivity contribution in [2.75, 3.05) is 0 Å². The van der Waals surface area contributed by atoms with Crippen LogP contribution in [0, 0.1) is 22.2 Å². The van der Waals surface area contributed by atoms with E-state index in [2.05, 4.69) is 159 Å². The van der Waals surface area contributed by atoms with E-state index in [4.69, 9.17) is 0 Å². The lowest BCUT2D eigenvalue weighted by Gasteiger charge is -2.44. The molecule has 2 aliphatic rings. The molecule has 0 fully saturated rings. The minimum Gasteiger partial charge on any atom is -0.0720 e. The van der Waals surface area contributed by atoms with Gasteiger partial charge >= 0.3 is 0 Å². The van der Waals surface area contributed by atoms with Gasteiger partial charge in [-0.3, -0.25) is 0 Å². The molecule has 0 N–H and O–H groups in total. The van der Waals surface area contributed by atoms with Crippen LogP contribution in [-0.4, -0.2) is 0 Å². The van der Waals surface area contributed by atoms with Crippen molar-refractivity contribution in [3.8, 4) is 11.1 Å². The molecule has 38 heavy (non-hydrogen) atoms. The van der Waals surface area contributed by atoms with Crippen LogP contribution in [0.15, 0.2) is 114 Å². The molecule has 0 bridgehead atoms. The lowest BCUT2D eigenvalue weighted by molar-refractivity contribution is 0.389. The van der Waals surface area contributed by atoms with Gasteiger partial charge in [0.1, 0.15) is 0 Å². The Bertz CT molecular complexity index is 1390. The summed E-state index contributed by atoms with van der Waals surface area (Å²) in [4.78, 5) is 0. The standard InChI is InChI=1S/C38H44/c1-35(2,3)27-23-28(36(4,5)6)25-34(33(24-27)37(7,8)9)38(26-17-11-10-12-18-26)31-21-15-13-19-29(31)30-20-14-16-22-32(30)38/h10-25,34H,1-9H3. The van der Waals surface area contributed by atoms with Crippen molar-refractivity contribution in [3.05, 3.63) is 131 Å². The van der Waals surface area contributed by atoms with E-state index in [0.29, 0.717) is 0 Å². The highest BCUT2D eigenvalue weighted by atomic mass is 14.5. The normalized spacial score (nSPS) is 19.1. The number of hydrogen-bond donors (Lipinski definition) is 0. The molecule has 196 valence electrons. The summed E-state index contributed by atoms with van der Waals surface area (Å²) in [7, 11) is 0. The zero-order valence-electron chi connectivity index (χ0n) is 24.8. The smallest absolute Gasteiger partial charge is 0.0563 e. The molecule has 0 heterocycles. The quantitative estimate of drug-likeness (QED) is 0.328. The summed E-state index contributed by atoms with van der Waals surface area (Å²) in [5, 5.41) is 0. The van der Waals surface area contributed by atoms with E-state index in [1.165, 1.54) is 44.5 Å². The zero-order valence-corrected chi connectivity index (χ0v) is 24.8. The van der Waals surface area contributed by atoms with E-state index in [1.807, 2.05) is 0 Å². The van der Waals surface area contributed by atoms with Crippen molar-refractivity contribution in [1.82, 2.24) is 0 Å². The molecule has 0 saturated carbocycles. The van der Waals surface area contributed by atoms with E-state index in [9.17, 15) is 0 Å². The zero-order chi connectivity index (χ0) is 27.5. The third-order valence-electron chi connectivity index (χ3n) is 8.59. The Morgan fingerprint density at radius 1 is 0.500 bits per heavy atom. The van der Waals surface area contributed by atoms with Gasteiger partial charge in [0.2, 0.25) is 0 Å². The predicted molar refractivity (Wildman–Crippen MR) is 164 cm³/mol. The van der Waals surface area contributed by atoms with Crippen molar-refractivity contribution in [1.29, 1.82) is 0 Å². The fourth-order valence-electron chi connectivity index (χ4n) is 6.52. The van der Waals surface area contributed by atoms with Gasteiger partial charge in [0, 0.05) is 5.92 Å². The van der Waals surface area contributed by atoms with Crippen LogP contribution >= 0.6 is 0 Å². The fourth-order valence-corrected chi connectivity index (χ4v) is 6.52. The van der Waals surface area contributed by atoms with Gasteiger partial charge in [0.15, 0.2) is 0 Å². The maximum Gasteiger partial charge on any atom is 0.0563 e. The number of allylic oxidation sites excluding steroid dienone is 6. The Labute approximate surface area is 231 Å². The molecule has 0 nitrogen and oxygen atoms in total. The molecule has 0 radical (unpaired) electrons. The van der Waals surface area contributed by atoms with Crippen molar-refractivity contribution < 1.29 is 0 Å². The highest BCUT2D eigenvalue weighted by molar-refractivity contribution is 5.84. The van der Waals surface area contributed by atoms with Crippen LogP contribution < -0.4 is 0 Å². The summed E-state index contributed by atoms with van der Waals surface area (Å²) in [6, 6.07) is 29.5. The second-order valence-electron chi connectivity index (χ2n) is 14.3. The highest BCUT2D eigenvalue weighted by Gasteiger charge is 2.52. The molecule has 5 rings (SSSR count). The lowest BCUT2D eigenvalue weighted by atomic mass is 9.58. The molecule has 3 aromatic carbocycles.